The minimum atomic E-state index is -0.287. The van der Waals surface area contributed by atoms with E-state index in [2.05, 4.69) is 60.6 Å². The molecule has 1 aromatic heterocycles. The van der Waals surface area contributed by atoms with Crippen LogP contribution in [0.4, 0.5) is 0 Å². The molecule has 0 aliphatic carbocycles. The van der Waals surface area contributed by atoms with Crippen molar-refractivity contribution in [3.63, 3.8) is 0 Å². The number of rotatable bonds is 8. The van der Waals surface area contributed by atoms with Crippen molar-refractivity contribution in [1.29, 1.82) is 0 Å². The lowest BCUT2D eigenvalue weighted by Gasteiger charge is -2.20. The summed E-state index contributed by atoms with van der Waals surface area (Å²) in [6.45, 7) is 6.29. The molecular weight excluding hydrogens is 451 g/mol. The number of carbonyl (C=O) groups is 1. The normalized spacial score (nSPS) is 12.2. The maximum absolute atomic E-state index is 12.9. The summed E-state index contributed by atoms with van der Waals surface area (Å²) in [5.74, 6) is 1.61. The molecule has 0 unspecified atom stereocenters. The fourth-order valence-corrected chi connectivity index (χ4v) is 4.57. The predicted molar refractivity (Wildman–Crippen MR) is 128 cm³/mol. The lowest BCUT2D eigenvalue weighted by atomic mass is 10.0. The van der Waals surface area contributed by atoms with Gasteiger partial charge in [-0.25, -0.2) is 0 Å². The highest BCUT2D eigenvalue weighted by Gasteiger charge is 2.24. The number of aromatic nitrogens is 3. The molecule has 0 aliphatic heterocycles. The van der Waals surface area contributed by atoms with Gasteiger partial charge in [-0.2, -0.15) is 0 Å². The Labute approximate surface area is 197 Å². The molecule has 1 atom stereocenters. The van der Waals surface area contributed by atoms with Gasteiger partial charge < -0.3 is 9.88 Å². The van der Waals surface area contributed by atoms with Gasteiger partial charge in [-0.1, -0.05) is 78.6 Å². The van der Waals surface area contributed by atoms with Gasteiger partial charge in [0.25, 0.3) is 5.91 Å². The van der Waals surface area contributed by atoms with Crippen molar-refractivity contribution < 1.29 is 4.79 Å². The van der Waals surface area contributed by atoms with E-state index in [0.29, 0.717) is 21.5 Å². The Morgan fingerprint density at radius 2 is 1.84 bits per heavy atom. The van der Waals surface area contributed by atoms with E-state index in [1.54, 1.807) is 30.0 Å². The Kier molecular flexibility index (Phi) is 8.03. The molecule has 1 heterocycles. The number of amides is 1. The van der Waals surface area contributed by atoms with Crippen molar-refractivity contribution >= 4 is 40.9 Å². The Bertz CT molecular complexity index is 1050. The van der Waals surface area contributed by atoms with Crippen LogP contribution in [0.1, 0.15) is 53.6 Å². The summed E-state index contributed by atoms with van der Waals surface area (Å²) in [6.07, 6.45) is 0.728. The van der Waals surface area contributed by atoms with Gasteiger partial charge in [-0.3, -0.25) is 4.79 Å². The molecule has 1 amide bonds. The van der Waals surface area contributed by atoms with E-state index in [1.807, 2.05) is 11.6 Å². The summed E-state index contributed by atoms with van der Waals surface area (Å²) in [5.41, 5.74) is 2.85. The van der Waals surface area contributed by atoms with Gasteiger partial charge in [-0.05, 0) is 43.0 Å². The smallest absolute Gasteiger partial charge is 0.253 e. The van der Waals surface area contributed by atoms with Crippen LogP contribution < -0.4 is 5.32 Å². The first kappa shape index (κ1) is 23.6. The first-order chi connectivity index (χ1) is 14.7. The van der Waals surface area contributed by atoms with E-state index in [0.717, 1.165) is 23.2 Å². The zero-order valence-corrected chi connectivity index (χ0v) is 20.4. The number of nitrogens with one attached hydrogen (secondary N) is 1. The summed E-state index contributed by atoms with van der Waals surface area (Å²) in [4.78, 5) is 12.9. The van der Waals surface area contributed by atoms with Gasteiger partial charge in [0.15, 0.2) is 11.0 Å². The molecule has 164 valence electrons. The molecule has 3 aromatic rings. The number of thioether (sulfide) groups is 1. The van der Waals surface area contributed by atoms with Crippen LogP contribution >= 0.6 is 35.0 Å². The van der Waals surface area contributed by atoms with Crippen LogP contribution in [0, 0.1) is 12.8 Å². The highest BCUT2D eigenvalue weighted by atomic mass is 35.5. The van der Waals surface area contributed by atoms with Gasteiger partial charge in [0.2, 0.25) is 0 Å². The molecule has 0 bridgehead atoms. The number of hydrogen-bond donors (Lipinski definition) is 1. The molecule has 0 spiro atoms. The first-order valence-electron chi connectivity index (χ1n) is 10.1. The molecule has 5 nitrogen and oxygen atoms in total. The topological polar surface area (TPSA) is 59.8 Å². The van der Waals surface area contributed by atoms with Crippen LogP contribution in [0.15, 0.2) is 47.6 Å². The molecule has 0 aliphatic rings. The van der Waals surface area contributed by atoms with Crippen LogP contribution in [0.3, 0.4) is 0 Å². The predicted octanol–water partition coefficient (Wildman–Crippen LogP) is 6.24. The summed E-state index contributed by atoms with van der Waals surface area (Å²) >= 11 is 13.8. The highest BCUT2D eigenvalue weighted by molar-refractivity contribution is 7.98. The SMILES string of the molecule is Cc1ccc(CSc2nnc([C@H](CC(C)C)NC(=O)c3ccc(Cl)cc3Cl)n2C)cc1. The largest absolute Gasteiger partial charge is 0.342 e. The van der Waals surface area contributed by atoms with Crippen LogP contribution in [0.2, 0.25) is 10.0 Å². The first-order valence-corrected chi connectivity index (χ1v) is 11.8. The third-order valence-corrected chi connectivity index (χ3v) is 6.50. The molecule has 0 saturated heterocycles. The third-order valence-electron chi connectivity index (χ3n) is 4.86. The fraction of sp³-hybridized carbons (Fsp3) is 0.348. The lowest BCUT2D eigenvalue weighted by Crippen LogP contribution is -2.31. The minimum Gasteiger partial charge on any atom is -0.342 e. The number of hydrogen-bond acceptors (Lipinski definition) is 4. The average Bonchev–Trinajstić information content (AvgIpc) is 3.07. The number of carbonyl (C=O) groups excluding carboxylic acids is 1. The monoisotopic (exact) mass is 476 g/mol. The van der Waals surface area contributed by atoms with Crippen molar-refractivity contribution in [2.24, 2.45) is 13.0 Å². The van der Waals surface area contributed by atoms with Crippen molar-refractivity contribution in [3.05, 3.63) is 75.0 Å². The van der Waals surface area contributed by atoms with Crippen molar-refractivity contribution in [1.82, 2.24) is 20.1 Å². The van der Waals surface area contributed by atoms with Crippen LogP contribution in [0.25, 0.3) is 0 Å². The molecule has 31 heavy (non-hydrogen) atoms. The lowest BCUT2D eigenvalue weighted by molar-refractivity contribution is 0.0929. The number of halogens is 2. The minimum absolute atomic E-state index is 0.260. The second-order valence-corrected chi connectivity index (χ2v) is 9.74. The van der Waals surface area contributed by atoms with Crippen LogP contribution in [-0.4, -0.2) is 20.7 Å². The molecule has 3 rings (SSSR count). The number of benzene rings is 2. The zero-order valence-electron chi connectivity index (χ0n) is 18.0. The zero-order chi connectivity index (χ0) is 22.5. The second-order valence-electron chi connectivity index (χ2n) is 7.95. The van der Waals surface area contributed by atoms with Gasteiger partial charge in [-0.15, -0.1) is 10.2 Å². The maximum atomic E-state index is 12.9. The Morgan fingerprint density at radius 1 is 1.13 bits per heavy atom. The van der Waals surface area contributed by atoms with Crippen LogP contribution in [-0.2, 0) is 12.8 Å². The molecule has 0 radical (unpaired) electrons. The molecule has 1 N–H and O–H groups in total. The summed E-state index contributed by atoms with van der Waals surface area (Å²) in [6, 6.07) is 13.0. The quantitative estimate of drug-likeness (QED) is 0.390. The van der Waals surface area contributed by atoms with Crippen molar-refractivity contribution in [2.75, 3.05) is 0 Å². The summed E-state index contributed by atoms with van der Waals surface area (Å²) in [5, 5.41) is 13.5. The van der Waals surface area contributed by atoms with E-state index < -0.39 is 0 Å². The highest BCUT2D eigenvalue weighted by Crippen LogP contribution is 2.27. The summed E-state index contributed by atoms with van der Waals surface area (Å²) < 4.78 is 1.95. The Morgan fingerprint density at radius 3 is 2.48 bits per heavy atom. The van der Waals surface area contributed by atoms with Gasteiger partial charge in [0.1, 0.15) is 0 Å². The molecular formula is C23H26Cl2N4OS. The standard InChI is InChI=1S/C23H26Cl2N4OS/c1-14(2)11-20(26-22(30)18-10-9-17(24)12-19(18)25)21-27-28-23(29(21)4)31-13-16-7-5-15(3)6-8-16/h5-10,12,14,20H,11,13H2,1-4H3,(H,26,30)/t20-/m0/s1. The molecule has 0 saturated carbocycles. The molecule has 8 heteroatoms. The van der Waals surface area contributed by atoms with E-state index in [-0.39, 0.29) is 11.9 Å². The Hall–Kier alpha value is -2.02. The molecule has 2 aromatic carbocycles. The van der Waals surface area contributed by atoms with Crippen molar-refractivity contribution in [3.8, 4) is 0 Å². The van der Waals surface area contributed by atoms with Crippen LogP contribution in [0.5, 0.6) is 0 Å². The fourth-order valence-electron chi connectivity index (χ4n) is 3.20. The average molecular weight is 477 g/mol. The van der Waals surface area contributed by atoms with Gasteiger partial charge >= 0.3 is 0 Å². The second kappa shape index (κ2) is 10.5. The number of aryl methyl sites for hydroxylation is 1. The van der Waals surface area contributed by atoms with E-state index in [9.17, 15) is 4.79 Å². The van der Waals surface area contributed by atoms with E-state index in [1.165, 1.54) is 11.1 Å². The maximum Gasteiger partial charge on any atom is 0.253 e. The van der Waals surface area contributed by atoms with E-state index in [4.69, 9.17) is 23.2 Å². The summed E-state index contributed by atoms with van der Waals surface area (Å²) in [7, 11) is 1.93. The van der Waals surface area contributed by atoms with Gasteiger partial charge in [0.05, 0.1) is 16.6 Å². The Balaban J connectivity index is 1.77. The third kappa shape index (κ3) is 6.25. The van der Waals surface area contributed by atoms with Crippen molar-refractivity contribution in [2.45, 2.75) is 44.1 Å². The van der Waals surface area contributed by atoms with Gasteiger partial charge in [0, 0.05) is 17.8 Å². The molecule has 0 fully saturated rings. The number of nitrogens with zero attached hydrogens (tertiary/aromatic N) is 3. The van der Waals surface area contributed by atoms with E-state index >= 15 is 0 Å².